The molecule has 2 aromatic heterocycles. The summed E-state index contributed by atoms with van der Waals surface area (Å²) in [5.74, 6) is -0.253. The molecule has 0 aliphatic rings. The molecular formula is C22H19ClFN3S. The van der Waals surface area contributed by atoms with Gasteiger partial charge in [0.25, 0.3) is 0 Å². The molecular weight excluding hydrogens is 393 g/mol. The Kier molecular flexibility index (Phi) is 5.04. The molecule has 0 saturated carbocycles. The van der Waals surface area contributed by atoms with Crippen LogP contribution >= 0.6 is 22.9 Å². The molecule has 0 fully saturated rings. The Morgan fingerprint density at radius 2 is 1.79 bits per heavy atom. The van der Waals surface area contributed by atoms with Crippen molar-refractivity contribution in [1.29, 1.82) is 0 Å². The summed E-state index contributed by atoms with van der Waals surface area (Å²) in [4.78, 5) is 4.70. The molecule has 0 bridgehead atoms. The van der Waals surface area contributed by atoms with E-state index in [-0.39, 0.29) is 5.82 Å². The number of hydrogen-bond acceptors (Lipinski definition) is 3. The van der Waals surface area contributed by atoms with Crippen LogP contribution < -0.4 is 0 Å². The molecule has 28 heavy (non-hydrogen) atoms. The Balaban J connectivity index is 1.61. The Bertz CT molecular complexity index is 1150. The Morgan fingerprint density at radius 1 is 1.07 bits per heavy atom. The molecule has 4 aromatic rings. The lowest BCUT2D eigenvalue weighted by Crippen LogP contribution is -2.02. The summed E-state index contributed by atoms with van der Waals surface area (Å²) >= 11 is 8.21. The van der Waals surface area contributed by atoms with Gasteiger partial charge in [0.15, 0.2) is 0 Å². The molecule has 0 saturated heterocycles. The average molecular weight is 412 g/mol. The van der Waals surface area contributed by atoms with E-state index in [2.05, 4.69) is 31.1 Å². The first-order valence-electron chi connectivity index (χ1n) is 8.94. The van der Waals surface area contributed by atoms with Crippen LogP contribution in [0.5, 0.6) is 0 Å². The van der Waals surface area contributed by atoms with Crippen LogP contribution in [-0.4, -0.2) is 14.8 Å². The minimum atomic E-state index is -0.253. The molecule has 6 heteroatoms. The minimum Gasteiger partial charge on any atom is -0.249 e. The normalized spacial score (nSPS) is 11.8. The van der Waals surface area contributed by atoms with Gasteiger partial charge in [-0.15, -0.1) is 11.3 Å². The highest BCUT2D eigenvalue weighted by Crippen LogP contribution is 2.28. The van der Waals surface area contributed by atoms with Crippen molar-refractivity contribution in [1.82, 2.24) is 14.8 Å². The van der Waals surface area contributed by atoms with Gasteiger partial charge in [-0.05, 0) is 73.9 Å². The summed E-state index contributed by atoms with van der Waals surface area (Å²) in [6, 6.07) is 10.7. The first kappa shape index (κ1) is 18.8. The maximum Gasteiger partial charge on any atom is 0.134 e. The second-order valence-corrected chi connectivity index (χ2v) is 8.28. The second kappa shape index (κ2) is 7.49. The highest BCUT2D eigenvalue weighted by Gasteiger charge is 2.12. The van der Waals surface area contributed by atoms with Crippen LogP contribution in [0.4, 0.5) is 4.39 Å². The lowest BCUT2D eigenvalue weighted by Gasteiger charge is -2.03. The maximum absolute atomic E-state index is 13.1. The zero-order valence-electron chi connectivity index (χ0n) is 15.8. The highest BCUT2D eigenvalue weighted by atomic mass is 35.5. The van der Waals surface area contributed by atoms with Crippen LogP contribution in [0.1, 0.15) is 33.0 Å². The number of benzene rings is 2. The molecule has 0 aliphatic heterocycles. The zero-order chi connectivity index (χ0) is 19.8. The van der Waals surface area contributed by atoms with Gasteiger partial charge in [0, 0.05) is 5.56 Å². The van der Waals surface area contributed by atoms with Crippen LogP contribution in [0.3, 0.4) is 0 Å². The van der Waals surface area contributed by atoms with Crippen molar-refractivity contribution in [2.24, 2.45) is 0 Å². The van der Waals surface area contributed by atoms with Crippen LogP contribution in [-0.2, 0) is 6.54 Å². The molecule has 0 atom stereocenters. The van der Waals surface area contributed by atoms with Crippen molar-refractivity contribution in [3.63, 3.8) is 0 Å². The SMILES string of the molecule is Cc1cc2nc(/C=C/c3c(C)nn(Cc4ccc(F)cc4)c3Cl)sc2cc1C. The van der Waals surface area contributed by atoms with E-state index in [0.717, 1.165) is 27.3 Å². The number of aromatic nitrogens is 3. The molecule has 0 amide bonds. The Hall–Kier alpha value is -2.50. The van der Waals surface area contributed by atoms with E-state index in [4.69, 9.17) is 16.6 Å². The zero-order valence-corrected chi connectivity index (χ0v) is 17.4. The van der Waals surface area contributed by atoms with Gasteiger partial charge in [0.2, 0.25) is 0 Å². The molecule has 4 rings (SSSR count). The molecule has 3 nitrogen and oxygen atoms in total. The van der Waals surface area contributed by atoms with Crippen molar-refractivity contribution in [2.75, 3.05) is 0 Å². The highest BCUT2D eigenvalue weighted by molar-refractivity contribution is 7.19. The van der Waals surface area contributed by atoms with Gasteiger partial charge in [0.05, 0.1) is 22.5 Å². The fourth-order valence-electron chi connectivity index (χ4n) is 3.05. The van der Waals surface area contributed by atoms with E-state index in [0.29, 0.717) is 11.7 Å². The predicted molar refractivity (Wildman–Crippen MR) is 115 cm³/mol. The van der Waals surface area contributed by atoms with Crippen molar-refractivity contribution in [3.05, 3.63) is 80.3 Å². The van der Waals surface area contributed by atoms with E-state index >= 15 is 0 Å². The Labute approximate surface area is 172 Å². The number of aryl methyl sites for hydroxylation is 3. The van der Waals surface area contributed by atoms with Crippen molar-refractivity contribution < 1.29 is 4.39 Å². The standard InChI is InChI=1S/C22H19ClFN3S/c1-13-10-19-20(11-14(13)2)28-21(25-19)9-8-18-15(3)26-27(22(18)23)12-16-4-6-17(24)7-5-16/h4-11H,12H2,1-3H3/b9-8+. The molecule has 142 valence electrons. The molecule has 0 aliphatic carbocycles. The molecule has 0 radical (unpaired) electrons. The van der Waals surface area contributed by atoms with Gasteiger partial charge in [-0.1, -0.05) is 23.7 Å². The fourth-order valence-corrected chi connectivity index (χ4v) is 4.30. The molecule has 2 heterocycles. The van der Waals surface area contributed by atoms with Crippen LogP contribution in [0.15, 0.2) is 36.4 Å². The number of rotatable bonds is 4. The quantitative estimate of drug-likeness (QED) is 0.387. The van der Waals surface area contributed by atoms with Gasteiger partial charge in [0.1, 0.15) is 16.0 Å². The van der Waals surface area contributed by atoms with Crippen LogP contribution in [0.25, 0.3) is 22.4 Å². The lowest BCUT2D eigenvalue weighted by atomic mass is 10.1. The molecule has 0 unspecified atom stereocenters. The molecule has 0 spiro atoms. The van der Waals surface area contributed by atoms with Crippen LogP contribution in [0.2, 0.25) is 5.15 Å². The van der Waals surface area contributed by atoms with Gasteiger partial charge >= 0.3 is 0 Å². The minimum absolute atomic E-state index is 0.253. The topological polar surface area (TPSA) is 30.7 Å². The number of nitrogens with zero attached hydrogens (tertiary/aromatic N) is 3. The third-order valence-corrected chi connectivity index (χ3v) is 6.15. The van der Waals surface area contributed by atoms with E-state index < -0.39 is 0 Å². The second-order valence-electron chi connectivity index (χ2n) is 6.86. The predicted octanol–water partition coefficient (Wildman–Crippen LogP) is 6.43. The van der Waals surface area contributed by atoms with Crippen molar-refractivity contribution >= 4 is 45.3 Å². The van der Waals surface area contributed by atoms with Gasteiger partial charge in [-0.3, -0.25) is 0 Å². The summed E-state index contributed by atoms with van der Waals surface area (Å²) in [5.41, 5.74) is 6.19. The third kappa shape index (κ3) is 3.73. The van der Waals surface area contributed by atoms with Crippen molar-refractivity contribution in [3.8, 4) is 0 Å². The first-order chi connectivity index (χ1) is 13.4. The maximum atomic E-state index is 13.1. The number of thiazole rings is 1. The van der Waals surface area contributed by atoms with E-state index in [9.17, 15) is 4.39 Å². The van der Waals surface area contributed by atoms with Gasteiger partial charge in [-0.2, -0.15) is 5.10 Å². The van der Waals surface area contributed by atoms with Gasteiger partial charge in [-0.25, -0.2) is 14.1 Å². The average Bonchev–Trinajstić information content (AvgIpc) is 3.16. The van der Waals surface area contributed by atoms with E-state index in [1.54, 1.807) is 28.2 Å². The van der Waals surface area contributed by atoms with Gasteiger partial charge < -0.3 is 0 Å². The van der Waals surface area contributed by atoms with Crippen molar-refractivity contribution in [2.45, 2.75) is 27.3 Å². The third-order valence-electron chi connectivity index (χ3n) is 4.77. The smallest absolute Gasteiger partial charge is 0.134 e. The van der Waals surface area contributed by atoms with E-state index in [1.165, 1.54) is 28.0 Å². The summed E-state index contributed by atoms with van der Waals surface area (Å²) in [6.07, 6.45) is 3.94. The molecule has 2 aromatic carbocycles. The summed E-state index contributed by atoms with van der Waals surface area (Å²) in [7, 11) is 0. The number of halogens is 2. The monoisotopic (exact) mass is 411 g/mol. The first-order valence-corrected chi connectivity index (χ1v) is 10.1. The lowest BCUT2D eigenvalue weighted by molar-refractivity contribution is 0.624. The van der Waals surface area contributed by atoms with E-state index in [1.807, 2.05) is 19.1 Å². The Morgan fingerprint density at radius 3 is 2.54 bits per heavy atom. The van der Waals surface area contributed by atoms with Crippen LogP contribution in [0, 0.1) is 26.6 Å². The molecule has 0 N–H and O–H groups in total. The summed E-state index contributed by atoms with van der Waals surface area (Å²) in [6.45, 7) is 6.64. The number of fused-ring (bicyclic) bond motifs is 1. The fraction of sp³-hybridized carbons (Fsp3) is 0.182. The summed E-state index contributed by atoms with van der Waals surface area (Å²) < 4.78 is 16.0. The largest absolute Gasteiger partial charge is 0.249 e. The summed E-state index contributed by atoms with van der Waals surface area (Å²) in [5, 5.41) is 6.02. The number of hydrogen-bond donors (Lipinski definition) is 0.